The first kappa shape index (κ1) is 70.0. The van der Waals surface area contributed by atoms with Crippen LogP contribution in [0.3, 0.4) is 0 Å². The molecule has 3 N–H and O–H groups in total. The number of aliphatic hydroxyl groups excluding tert-OH is 2. The fraction of sp³-hybridized carbons (Fsp3) is 0.841. The van der Waals surface area contributed by atoms with Crippen LogP contribution < -0.4 is 0 Å². The minimum atomic E-state index is -1.90. The van der Waals surface area contributed by atoms with Gasteiger partial charge in [-0.05, 0) is 77.0 Å². The van der Waals surface area contributed by atoms with Crippen LogP contribution in [0.4, 0.5) is 0 Å². The topological polar surface area (TPSA) is 175 Å². The highest BCUT2D eigenvalue weighted by Gasteiger charge is 2.50. The van der Waals surface area contributed by atoms with E-state index in [0.29, 0.717) is 19.3 Å². The molecule has 0 spiro atoms. The monoisotopic (exact) mass is 1060 g/mol. The van der Waals surface area contributed by atoms with Crippen molar-refractivity contribution in [2.75, 3.05) is 13.2 Å². The number of carbonyl (C=O) groups is 4. The number of carboxylic acid groups (broad SMARTS) is 1. The zero-order valence-electron chi connectivity index (χ0n) is 48.1. The third-order valence-corrected chi connectivity index (χ3v) is 14.2. The molecular formula is C63H112O12. The van der Waals surface area contributed by atoms with Gasteiger partial charge in [0.2, 0.25) is 0 Å². The maximum Gasteiger partial charge on any atom is 0.335 e. The highest BCUT2D eigenvalue weighted by atomic mass is 16.7. The second kappa shape index (κ2) is 51.7. The zero-order valence-corrected chi connectivity index (χ0v) is 48.1. The molecule has 1 rings (SSSR count). The smallest absolute Gasteiger partial charge is 0.335 e. The van der Waals surface area contributed by atoms with E-state index in [-0.39, 0.29) is 25.9 Å². The third-order valence-electron chi connectivity index (χ3n) is 14.2. The molecule has 0 aromatic carbocycles. The molecular weight excluding hydrogens is 949 g/mol. The zero-order chi connectivity index (χ0) is 54.7. The van der Waals surface area contributed by atoms with Gasteiger partial charge in [-0.3, -0.25) is 14.4 Å². The average Bonchev–Trinajstić information content (AvgIpc) is 3.39. The second-order valence-electron chi connectivity index (χ2n) is 21.3. The van der Waals surface area contributed by atoms with Crippen molar-refractivity contribution in [1.82, 2.24) is 0 Å². The van der Waals surface area contributed by atoms with Gasteiger partial charge in [0.05, 0.1) is 6.61 Å². The molecule has 12 heteroatoms. The largest absolute Gasteiger partial charge is 0.479 e. The predicted octanol–water partition coefficient (Wildman–Crippen LogP) is 16.0. The van der Waals surface area contributed by atoms with Crippen molar-refractivity contribution in [3.63, 3.8) is 0 Å². The van der Waals surface area contributed by atoms with Crippen LogP contribution in [0.2, 0.25) is 0 Å². The van der Waals surface area contributed by atoms with E-state index >= 15 is 0 Å². The van der Waals surface area contributed by atoms with Crippen molar-refractivity contribution in [2.45, 2.75) is 327 Å². The third kappa shape index (κ3) is 41.7. The lowest BCUT2D eigenvalue weighted by molar-refractivity contribution is -0.301. The first-order chi connectivity index (χ1) is 36.6. The Bertz CT molecular complexity index is 1450. The Kier molecular flexibility index (Phi) is 48.2. The molecule has 0 saturated carbocycles. The normalized spacial score (nSPS) is 18.3. The number of ether oxygens (including phenoxy) is 5. The van der Waals surface area contributed by atoms with Crippen LogP contribution in [0.15, 0.2) is 36.5 Å². The fourth-order valence-corrected chi connectivity index (χ4v) is 9.39. The van der Waals surface area contributed by atoms with Crippen molar-refractivity contribution in [3.8, 4) is 0 Å². The maximum absolute atomic E-state index is 13.1. The quantitative estimate of drug-likeness (QED) is 0.0228. The lowest BCUT2D eigenvalue weighted by Gasteiger charge is -2.40. The lowest BCUT2D eigenvalue weighted by Crippen LogP contribution is -2.61. The molecule has 12 nitrogen and oxygen atoms in total. The van der Waals surface area contributed by atoms with E-state index in [1.165, 1.54) is 128 Å². The molecule has 436 valence electrons. The molecule has 75 heavy (non-hydrogen) atoms. The van der Waals surface area contributed by atoms with Crippen molar-refractivity contribution < 1.29 is 58.2 Å². The van der Waals surface area contributed by atoms with Crippen LogP contribution in [0, 0.1) is 0 Å². The first-order valence-corrected chi connectivity index (χ1v) is 31.0. The van der Waals surface area contributed by atoms with Gasteiger partial charge in [-0.2, -0.15) is 0 Å². The molecule has 0 amide bonds. The number of unbranched alkanes of at least 4 members (excludes halogenated alkanes) is 33. The number of esters is 3. The van der Waals surface area contributed by atoms with Crippen molar-refractivity contribution >= 4 is 23.9 Å². The first-order valence-electron chi connectivity index (χ1n) is 31.0. The van der Waals surface area contributed by atoms with Crippen molar-refractivity contribution in [3.05, 3.63) is 36.5 Å². The van der Waals surface area contributed by atoms with Gasteiger partial charge in [-0.25, -0.2) is 4.79 Å². The number of aliphatic carboxylic acids is 1. The van der Waals surface area contributed by atoms with E-state index in [9.17, 15) is 34.5 Å². The molecule has 0 aromatic heterocycles. The number of rotatable bonds is 53. The minimum absolute atomic E-state index is 0.0543. The lowest BCUT2D eigenvalue weighted by atomic mass is 9.98. The molecule has 0 aliphatic carbocycles. The van der Waals surface area contributed by atoms with Gasteiger partial charge in [0.25, 0.3) is 0 Å². The molecule has 0 aromatic rings. The van der Waals surface area contributed by atoms with Crippen LogP contribution in [0.1, 0.15) is 290 Å². The Balaban J connectivity index is 2.65. The number of carboxylic acids is 1. The second-order valence-corrected chi connectivity index (χ2v) is 21.3. The summed E-state index contributed by atoms with van der Waals surface area (Å²) in [5.74, 6) is -3.11. The van der Waals surface area contributed by atoms with Gasteiger partial charge in [-0.1, -0.05) is 231 Å². The van der Waals surface area contributed by atoms with E-state index in [2.05, 4.69) is 57.2 Å². The Hall–Kier alpha value is -3.06. The Morgan fingerprint density at radius 2 is 0.800 bits per heavy atom. The van der Waals surface area contributed by atoms with Gasteiger partial charge < -0.3 is 39.0 Å². The number of allylic oxidation sites excluding steroid dienone is 6. The Morgan fingerprint density at radius 3 is 1.24 bits per heavy atom. The summed E-state index contributed by atoms with van der Waals surface area (Å²) < 4.78 is 28.5. The van der Waals surface area contributed by atoms with E-state index in [1.54, 1.807) is 0 Å². The highest BCUT2D eigenvalue weighted by molar-refractivity contribution is 5.74. The van der Waals surface area contributed by atoms with Gasteiger partial charge in [0, 0.05) is 19.3 Å². The summed E-state index contributed by atoms with van der Waals surface area (Å²) in [6.45, 7) is 5.98. The standard InChI is InChI=1S/C63H112O12/c1-4-7-10-13-16-19-22-24-26-28-30-32-35-37-40-43-46-49-55(64)71-52-54(73-56(65)50-47-44-41-38-34-21-18-15-12-9-6-3)53-72-63-61(59(68)58(67)60(75-63)62(69)70)74-57(66)51-48-45-42-39-36-33-31-29-27-25-23-20-17-14-11-8-5-2/h17,20,24-27,54,58-61,63,67-68H,4-16,18-19,21-23,28-53H2,1-3H3,(H,69,70)/b20-17-,26-24-,27-25-. The van der Waals surface area contributed by atoms with Crippen LogP contribution in [0.5, 0.6) is 0 Å². The SMILES string of the molecule is CCCCC/C=C\C/C=C\CCCCCCCCCC(=O)OC1C(OCC(COC(=O)CCCCCCCCC/C=C\CCCCCCCC)OC(=O)CCCCCCCCCCCCC)OC(C(=O)O)C(O)C1O. The van der Waals surface area contributed by atoms with Gasteiger partial charge in [-0.15, -0.1) is 0 Å². The summed E-state index contributed by atoms with van der Waals surface area (Å²) in [6.07, 6.45) is 48.2. The van der Waals surface area contributed by atoms with Gasteiger partial charge >= 0.3 is 23.9 Å². The van der Waals surface area contributed by atoms with Crippen molar-refractivity contribution in [2.24, 2.45) is 0 Å². The molecule has 1 saturated heterocycles. The summed E-state index contributed by atoms with van der Waals surface area (Å²) in [5.41, 5.74) is 0. The molecule has 1 aliphatic heterocycles. The molecule has 1 fully saturated rings. The Morgan fingerprint density at radius 1 is 0.440 bits per heavy atom. The molecule has 6 atom stereocenters. The van der Waals surface area contributed by atoms with Crippen LogP contribution in [0.25, 0.3) is 0 Å². The molecule has 1 heterocycles. The summed E-state index contributed by atoms with van der Waals surface area (Å²) in [7, 11) is 0. The fourth-order valence-electron chi connectivity index (χ4n) is 9.39. The van der Waals surface area contributed by atoms with Crippen LogP contribution in [-0.4, -0.2) is 89.2 Å². The average molecular weight is 1060 g/mol. The molecule has 0 bridgehead atoms. The number of carbonyl (C=O) groups excluding carboxylic acids is 3. The Labute approximate surface area is 457 Å². The summed E-state index contributed by atoms with van der Waals surface area (Å²) in [4.78, 5) is 51.1. The van der Waals surface area contributed by atoms with Crippen LogP contribution in [-0.2, 0) is 42.9 Å². The predicted molar refractivity (Wildman–Crippen MR) is 303 cm³/mol. The highest BCUT2D eigenvalue weighted by Crippen LogP contribution is 2.27. The van der Waals surface area contributed by atoms with Gasteiger partial charge in [0.1, 0.15) is 18.8 Å². The molecule has 1 aliphatic rings. The minimum Gasteiger partial charge on any atom is -0.479 e. The number of hydrogen-bond donors (Lipinski definition) is 3. The molecule has 6 unspecified atom stereocenters. The summed E-state index contributed by atoms with van der Waals surface area (Å²) in [6, 6.07) is 0. The van der Waals surface area contributed by atoms with E-state index < -0.39 is 67.3 Å². The summed E-state index contributed by atoms with van der Waals surface area (Å²) in [5, 5.41) is 31.5. The summed E-state index contributed by atoms with van der Waals surface area (Å²) >= 11 is 0. The maximum atomic E-state index is 13.1. The van der Waals surface area contributed by atoms with E-state index in [4.69, 9.17) is 23.7 Å². The van der Waals surface area contributed by atoms with Crippen molar-refractivity contribution in [1.29, 1.82) is 0 Å². The van der Waals surface area contributed by atoms with E-state index in [1.807, 2.05) is 0 Å². The molecule has 0 radical (unpaired) electrons. The number of hydrogen-bond acceptors (Lipinski definition) is 11. The van der Waals surface area contributed by atoms with Gasteiger partial charge in [0.15, 0.2) is 24.6 Å². The van der Waals surface area contributed by atoms with E-state index in [0.717, 1.165) is 103 Å². The number of aliphatic hydroxyl groups is 2. The van der Waals surface area contributed by atoms with Crippen LogP contribution >= 0.6 is 0 Å².